The van der Waals surface area contributed by atoms with Crippen molar-refractivity contribution in [3.8, 4) is 0 Å². The fraction of sp³-hybridized carbons (Fsp3) is 0.500. The van der Waals surface area contributed by atoms with Gasteiger partial charge >= 0.3 is 0 Å². The zero-order chi connectivity index (χ0) is 12.8. The first kappa shape index (κ1) is 13.1. The van der Waals surface area contributed by atoms with Crippen molar-refractivity contribution in [1.82, 2.24) is 5.32 Å². The topological polar surface area (TPSA) is 61.4 Å². The molecule has 2 rings (SSSR count). The number of benzene rings is 1. The van der Waals surface area contributed by atoms with E-state index in [0.29, 0.717) is 0 Å². The molecule has 1 heterocycles. The fourth-order valence-corrected chi connectivity index (χ4v) is 2.23. The summed E-state index contributed by atoms with van der Waals surface area (Å²) in [5.41, 5.74) is 1.55. The molecular weight excluding hydrogens is 228 g/mol. The summed E-state index contributed by atoms with van der Waals surface area (Å²) in [6.07, 6.45) is 4.33. The summed E-state index contributed by atoms with van der Waals surface area (Å²) in [5.74, 6) is 0.0204. The first-order valence-corrected chi connectivity index (χ1v) is 6.53. The Morgan fingerprint density at radius 3 is 3.11 bits per heavy atom. The SMILES string of the molecule is O=C(Nc1cccc(CO)c1)C1CCCCCN1. The van der Waals surface area contributed by atoms with Gasteiger partial charge < -0.3 is 15.7 Å². The van der Waals surface area contributed by atoms with Crippen molar-refractivity contribution in [2.24, 2.45) is 0 Å². The number of carbonyl (C=O) groups is 1. The lowest BCUT2D eigenvalue weighted by Crippen LogP contribution is -2.39. The lowest BCUT2D eigenvalue weighted by atomic mass is 10.1. The van der Waals surface area contributed by atoms with Crippen LogP contribution >= 0.6 is 0 Å². The van der Waals surface area contributed by atoms with Gasteiger partial charge in [0, 0.05) is 5.69 Å². The van der Waals surface area contributed by atoms with Crippen molar-refractivity contribution >= 4 is 11.6 Å². The Morgan fingerprint density at radius 2 is 2.28 bits per heavy atom. The molecule has 1 saturated heterocycles. The van der Waals surface area contributed by atoms with Crippen LogP contribution in [0.4, 0.5) is 5.69 Å². The summed E-state index contributed by atoms with van der Waals surface area (Å²) >= 11 is 0. The molecule has 1 aliphatic rings. The van der Waals surface area contributed by atoms with E-state index >= 15 is 0 Å². The van der Waals surface area contributed by atoms with E-state index in [1.807, 2.05) is 18.2 Å². The van der Waals surface area contributed by atoms with Gasteiger partial charge in [-0.2, -0.15) is 0 Å². The van der Waals surface area contributed by atoms with Crippen LogP contribution in [-0.2, 0) is 11.4 Å². The van der Waals surface area contributed by atoms with Crippen LogP contribution < -0.4 is 10.6 Å². The van der Waals surface area contributed by atoms with Crippen LogP contribution in [-0.4, -0.2) is 23.6 Å². The van der Waals surface area contributed by atoms with Crippen LogP contribution in [0.5, 0.6) is 0 Å². The minimum Gasteiger partial charge on any atom is -0.392 e. The molecule has 1 aromatic rings. The van der Waals surface area contributed by atoms with Crippen molar-refractivity contribution in [2.45, 2.75) is 38.3 Å². The van der Waals surface area contributed by atoms with Gasteiger partial charge in [-0.1, -0.05) is 25.0 Å². The highest BCUT2D eigenvalue weighted by Gasteiger charge is 2.19. The molecule has 4 nitrogen and oxygen atoms in total. The number of aliphatic hydroxyl groups is 1. The van der Waals surface area contributed by atoms with E-state index in [2.05, 4.69) is 10.6 Å². The Balaban J connectivity index is 1.96. The maximum Gasteiger partial charge on any atom is 0.241 e. The highest BCUT2D eigenvalue weighted by atomic mass is 16.3. The van der Waals surface area contributed by atoms with Gasteiger partial charge in [0.1, 0.15) is 0 Å². The molecule has 0 bridgehead atoms. The summed E-state index contributed by atoms with van der Waals surface area (Å²) in [6, 6.07) is 7.22. The minimum absolute atomic E-state index is 0.00854. The van der Waals surface area contributed by atoms with Gasteiger partial charge in [0.15, 0.2) is 0 Å². The zero-order valence-electron chi connectivity index (χ0n) is 10.5. The second-order valence-electron chi connectivity index (χ2n) is 4.70. The average molecular weight is 248 g/mol. The Hall–Kier alpha value is -1.39. The first-order valence-electron chi connectivity index (χ1n) is 6.53. The molecule has 0 aromatic heterocycles. The maximum atomic E-state index is 12.1. The van der Waals surface area contributed by atoms with Crippen LogP contribution in [0.15, 0.2) is 24.3 Å². The molecule has 3 N–H and O–H groups in total. The van der Waals surface area contributed by atoms with Gasteiger partial charge in [0.2, 0.25) is 5.91 Å². The molecule has 1 aromatic carbocycles. The molecule has 4 heteroatoms. The van der Waals surface area contributed by atoms with Gasteiger partial charge in [-0.15, -0.1) is 0 Å². The number of anilines is 1. The van der Waals surface area contributed by atoms with Gasteiger partial charge in [-0.05, 0) is 37.1 Å². The molecule has 1 unspecified atom stereocenters. The van der Waals surface area contributed by atoms with E-state index < -0.39 is 0 Å². The molecule has 1 amide bonds. The van der Waals surface area contributed by atoms with E-state index in [1.165, 1.54) is 6.42 Å². The Bertz CT molecular complexity index is 399. The summed E-state index contributed by atoms with van der Waals surface area (Å²) in [7, 11) is 0. The molecular formula is C14H20N2O2. The van der Waals surface area contributed by atoms with Crippen LogP contribution in [0, 0.1) is 0 Å². The number of aliphatic hydroxyl groups excluding tert-OH is 1. The van der Waals surface area contributed by atoms with Crippen molar-refractivity contribution in [3.05, 3.63) is 29.8 Å². The molecule has 0 saturated carbocycles. The van der Waals surface area contributed by atoms with E-state index in [-0.39, 0.29) is 18.6 Å². The second kappa shape index (κ2) is 6.52. The lowest BCUT2D eigenvalue weighted by molar-refractivity contribution is -0.118. The molecule has 0 spiro atoms. The maximum absolute atomic E-state index is 12.1. The number of hydrogen-bond acceptors (Lipinski definition) is 3. The Kier molecular flexibility index (Phi) is 4.73. The summed E-state index contributed by atoms with van der Waals surface area (Å²) in [4.78, 5) is 12.1. The molecule has 0 aliphatic carbocycles. The van der Waals surface area contributed by atoms with Crippen LogP contribution in [0.1, 0.15) is 31.2 Å². The third kappa shape index (κ3) is 3.55. The zero-order valence-corrected chi connectivity index (χ0v) is 10.5. The predicted octanol–water partition coefficient (Wildman–Crippen LogP) is 1.65. The predicted molar refractivity (Wildman–Crippen MR) is 71.3 cm³/mol. The van der Waals surface area contributed by atoms with E-state index in [0.717, 1.165) is 37.1 Å². The van der Waals surface area contributed by atoms with E-state index in [4.69, 9.17) is 5.11 Å². The first-order chi connectivity index (χ1) is 8.79. The molecule has 1 aliphatic heterocycles. The highest BCUT2D eigenvalue weighted by Crippen LogP contribution is 2.13. The van der Waals surface area contributed by atoms with Gasteiger partial charge in [-0.25, -0.2) is 0 Å². The molecule has 98 valence electrons. The third-order valence-corrected chi connectivity index (χ3v) is 3.25. The smallest absolute Gasteiger partial charge is 0.241 e. The Morgan fingerprint density at radius 1 is 1.39 bits per heavy atom. The standard InChI is InChI=1S/C14H20N2O2/c17-10-11-5-4-6-12(9-11)16-14(18)13-7-2-1-3-8-15-13/h4-6,9,13,15,17H,1-3,7-8,10H2,(H,16,18). The van der Waals surface area contributed by atoms with Gasteiger partial charge in [0.25, 0.3) is 0 Å². The highest BCUT2D eigenvalue weighted by molar-refractivity contribution is 5.94. The van der Waals surface area contributed by atoms with Gasteiger partial charge in [-0.3, -0.25) is 4.79 Å². The van der Waals surface area contributed by atoms with Crippen LogP contribution in [0.2, 0.25) is 0 Å². The number of hydrogen-bond donors (Lipinski definition) is 3. The van der Waals surface area contributed by atoms with Crippen LogP contribution in [0.3, 0.4) is 0 Å². The fourth-order valence-electron chi connectivity index (χ4n) is 2.23. The number of rotatable bonds is 3. The normalized spacial score (nSPS) is 20.2. The summed E-state index contributed by atoms with van der Waals surface area (Å²) in [5, 5.41) is 15.2. The van der Waals surface area contributed by atoms with Crippen LogP contribution in [0.25, 0.3) is 0 Å². The lowest BCUT2D eigenvalue weighted by Gasteiger charge is -2.15. The van der Waals surface area contributed by atoms with Crippen molar-refractivity contribution < 1.29 is 9.90 Å². The second-order valence-corrected chi connectivity index (χ2v) is 4.70. The molecule has 1 atom stereocenters. The monoisotopic (exact) mass is 248 g/mol. The van der Waals surface area contributed by atoms with Gasteiger partial charge in [0.05, 0.1) is 12.6 Å². The molecule has 18 heavy (non-hydrogen) atoms. The molecule has 0 radical (unpaired) electrons. The minimum atomic E-state index is -0.0923. The third-order valence-electron chi connectivity index (χ3n) is 3.25. The Labute approximate surface area is 107 Å². The molecule has 1 fully saturated rings. The quantitative estimate of drug-likeness (QED) is 0.762. The number of nitrogens with one attached hydrogen (secondary N) is 2. The number of carbonyl (C=O) groups excluding carboxylic acids is 1. The van der Waals surface area contributed by atoms with Crippen molar-refractivity contribution in [3.63, 3.8) is 0 Å². The van der Waals surface area contributed by atoms with E-state index in [9.17, 15) is 4.79 Å². The number of amides is 1. The summed E-state index contributed by atoms with van der Waals surface area (Å²) in [6.45, 7) is 0.903. The van der Waals surface area contributed by atoms with Crippen molar-refractivity contribution in [1.29, 1.82) is 0 Å². The summed E-state index contributed by atoms with van der Waals surface area (Å²) < 4.78 is 0. The van der Waals surface area contributed by atoms with E-state index in [1.54, 1.807) is 6.07 Å². The van der Waals surface area contributed by atoms with Crippen molar-refractivity contribution in [2.75, 3.05) is 11.9 Å². The largest absolute Gasteiger partial charge is 0.392 e. The average Bonchev–Trinajstić information content (AvgIpc) is 2.68.